The zero-order valence-corrected chi connectivity index (χ0v) is 13.0. The van der Waals surface area contributed by atoms with E-state index in [-0.39, 0.29) is 17.9 Å². The fourth-order valence-electron chi connectivity index (χ4n) is 1.64. The second-order valence-corrected chi connectivity index (χ2v) is 6.11. The number of terminal acetylenes is 1. The highest BCUT2D eigenvalue weighted by Crippen LogP contribution is 2.28. The molecule has 0 fully saturated rings. The minimum atomic E-state index is -3.88. The summed E-state index contributed by atoms with van der Waals surface area (Å²) in [6, 6.07) is 4.30. The third kappa shape index (κ3) is 3.67. The molecule has 0 atom stereocenters. The Balaban J connectivity index is 3.20. The van der Waals surface area contributed by atoms with Crippen molar-refractivity contribution < 1.29 is 17.9 Å². The molecule has 1 aromatic carbocycles. The van der Waals surface area contributed by atoms with Crippen LogP contribution in [0.2, 0.25) is 0 Å². The Bertz CT molecular complexity index is 662. The molecule has 6 nitrogen and oxygen atoms in total. The van der Waals surface area contributed by atoms with Crippen LogP contribution in [0.15, 0.2) is 23.1 Å². The smallest absolute Gasteiger partial charge is 0.266 e. The van der Waals surface area contributed by atoms with Crippen molar-refractivity contribution in [3.05, 3.63) is 18.2 Å². The quantitative estimate of drug-likeness (QED) is 0.802. The van der Waals surface area contributed by atoms with Crippen molar-refractivity contribution in [2.24, 2.45) is 0 Å². The molecule has 0 heterocycles. The zero-order valence-electron chi connectivity index (χ0n) is 12.2. The van der Waals surface area contributed by atoms with E-state index in [0.29, 0.717) is 11.4 Å². The Labute approximate surface area is 125 Å². The van der Waals surface area contributed by atoms with Crippen molar-refractivity contribution in [1.82, 2.24) is 4.31 Å². The molecule has 21 heavy (non-hydrogen) atoms. The Kier molecular flexibility index (Phi) is 5.61. The van der Waals surface area contributed by atoms with Gasteiger partial charge in [0.25, 0.3) is 10.0 Å². The first-order valence-electron chi connectivity index (χ1n) is 6.25. The van der Waals surface area contributed by atoms with Crippen LogP contribution in [0.5, 0.6) is 5.75 Å². The maximum Gasteiger partial charge on any atom is 0.266 e. The molecule has 1 N–H and O–H groups in total. The third-order valence-corrected chi connectivity index (χ3v) is 4.64. The molecule has 0 saturated carbocycles. The van der Waals surface area contributed by atoms with E-state index in [1.54, 1.807) is 13.0 Å². The number of carbonyl (C=O) groups excluding carboxylic acids is 1. The summed E-state index contributed by atoms with van der Waals surface area (Å²) in [5.41, 5.74) is 0.582. The van der Waals surface area contributed by atoms with Crippen LogP contribution in [0.25, 0.3) is 0 Å². The standard InChI is InChI=1S/C14H18N2O4S/c1-5-9-15-12-8-7-11(10-13(12)20-4)21(18,19)16(3)14(17)6-2/h1,7-8,10,15H,6,9H2,2-4H3. The van der Waals surface area contributed by atoms with E-state index >= 15 is 0 Å². The summed E-state index contributed by atoms with van der Waals surface area (Å²) < 4.78 is 30.5. The lowest BCUT2D eigenvalue weighted by Gasteiger charge is -2.18. The summed E-state index contributed by atoms with van der Waals surface area (Å²) in [5.74, 6) is 2.27. The van der Waals surface area contributed by atoms with Gasteiger partial charge in [0.1, 0.15) is 5.75 Å². The monoisotopic (exact) mass is 310 g/mol. The van der Waals surface area contributed by atoms with Crippen LogP contribution in [0, 0.1) is 12.3 Å². The molecule has 1 aromatic rings. The number of benzene rings is 1. The number of nitrogens with one attached hydrogen (secondary N) is 1. The molecule has 0 unspecified atom stereocenters. The van der Waals surface area contributed by atoms with Crippen molar-refractivity contribution in [1.29, 1.82) is 0 Å². The number of ether oxygens (including phenoxy) is 1. The van der Waals surface area contributed by atoms with Gasteiger partial charge in [-0.1, -0.05) is 12.8 Å². The molecule has 0 aliphatic rings. The van der Waals surface area contributed by atoms with Crippen LogP contribution in [0.1, 0.15) is 13.3 Å². The first-order valence-corrected chi connectivity index (χ1v) is 7.69. The second-order valence-electron chi connectivity index (χ2n) is 4.14. The summed E-state index contributed by atoms with van der Waals surface area (Å²) in [4.78, 5) is 11.6. The van der Waals surface area contributed by atoms with Crippen LogP contribution in [-0.2, 0) is 14.8 Å². The van der Waals surface area contributed by atoms with Gasteiger partial charge in [0.15, 0.2) is 0 Å². The molecule has 114 valence electrons. The molecule has 0 saturated heterocycles. The fraction of sp³-hybridized carbons (Fsp3) is 0.357. The lowest BCUT2D eigenvalue weighted by molar-refractivity contribution is -0.125. The highest BCUT2D eigenvalue weighted by atomic mass is 32.2. The lowest BCUT2D eigenvalue weighted by atomic mass is 10.3. The average molecular weight is 310 g/mol. The number of rotatable bonds is 6. The number of sulfonamides is 1. The number of hydrogen-bond acceptors (Lipinski definition) is 5. The van der Waals surface area contributed by atoms with E-state index in [1.165, 1.54) is 26.3 Å². The predicted molar refractivity (Wildman–Crippen MR) is 80.6 cm³/mol. The molecule has 0 aliphatic carbocycles. The number of carbonyl (C=O) groups is 1. The van der Waals surface area contributed by atoms with Gasteiger partial charge in [-0.3, -0.25) is 4.79 Å². The first-order chi connectivity index (χ1) is 9.88. The van der Waals surface area contributed by atoms with Crippen molar-refractivity contribution >= 4 is 21.6 Å². The molecule has 0 bridgehead atoms. The van der Waals surface area contributed by atoms with Crippen LogP contribution >= 0.6 is 0 Å². The van der Waals surface area contributed by atoms with Gasteiger partial charge in [-0.15, -0.1) is 6.42 Å². The van der Waals surface area contributed by atoms with Crippen LogP contribution in [0.4, 0.5) is 5.69 Å². The van der Waals surface area contributed by atoms with Gasteiger partial charge in [-0.05, 0) is 12.1 Å². The topological polar surface area (TPSA) is 75.7 Å². The third-order valence-electron chi connectivity index (χ3n) is 2.87. The summed E-state index contributed by atoms with van der Waals surface area (Å²) in [6.45, 7) is 1.89. The van der Waals surface area contributed by atoms with Gasteiger partial charge in [0.05, 0.1) is 24.2 Å². The predicted octanol–water partition coefficient (Wildman–Crippen LogP) is 1.30. The SMILES string of the molecule is C#CCNc1ccc(S(=O)(=O)N(C)C(=O)CC)cc1OC. The molecule has 1 amide bonds. The Morgan fingerprint density at radius 2 is 2.14 bits per heavy atom. The van der Waals surface area contributed by atoms with Gasteiger partial charge < -0.3 is 10.1 Å². The summed E-state index contributed by atoms with van der Waals surface area (Å²) in [6.07, 6.45) is 5.27. The van der Waals surface area contributed by atoms with Gasteiger partial charge in [-0.2, -0.15) is 0 Å². The molecular weight excluding hydrogens is 292 g/mol. The number of hydrogen-bond donors (Lipinski definition) is 1. The summed E-state index contributed by atoms with van der Waals surface area (Å²) in [5, 5.41) is 2.92. The number of nitrogens with zero attached hydrogens (tertiary/aromatic N) is 1. The van der Waals surface area contributed by atoms with Crippen LogP contribution < -0.4 is 10.1 Å². The Morgan fingerprint density at radius 3 is 2.67 bits per heavy atom. The molecule has 1 rings (SSSR count). The van der Waals surface area contributed by atoms with Crippen molar-refractivity contribution in [3.63, 3.8) is 0 Å². The van der Waals surface area contributed by atoms with E-state index in [1.807, 2.05) is 0 Å². The Hall–Kier alpha value is -2.20. The number of methoxy groups -OCH3 is 1. The van der Waals surface area contributed by atoms with Crippen molar-refractivity contribution in [3.8, 4) is 18.1 Å². The maximum atomic E-state index is 12.3. The molecule has 0 radical (unpaired) electrons. The normalized spacial score (nSPS) is 10.6. The van der Waals surface area contributed by atoms with Gasteiger partial charge in [-0.25, -0.2) is 12.7 Å². The minimum absolute atomic E-state index is 0.0186. The molecule has 0 aromatic heterocycles. The summed E-state index contributed by atoms with van der Waals surface area (Å²) in [7, 11) is -1.23. The van der Waals surface area contributed by atoms with E-state index in [9.17, 15) is 13.2 Å². The number of amides is 1. The second kappa shape index (κ2) is 6.99. The fourth-order valence-corrected chi connectivity index (χ4v) is 2.85. The molecule has 7 heteroatoms. The van der Waals surface area contributed by atoms with Gasteiger partial charge in [0, 0.05) is 19.5 Å². The minimum Gasteiger partial charge on any atom is -0.495 e. The summed E-state index contributed by atoms with van der Waals surface area (Å²) >= 11 is 0. The van der Waals surface area contributed by atoms with Gasteiger partial charge >= 0.3 is 0 Å². The average Bonchev–Trinajstić information content (AvgIpc) is 2.50. The van der Waals surface area contributed by atoms with Crippen LogP contribution in [0.3, 0.4) is 0 Å². The van der Waals surface area contributed by atoms with Crippen molar-refractivity contribution in [2.45, 2.75) is 18.2 Å². The molecule has 0 spiro atoms. The lowest BCUT2D eigenvalue weighted by Crippen LogP contribution is -2.32. The number of anilines is 1. The molecule has 0 aliphatic heterocycles. The first kappa shape index (κ1) is 16.9. The van der Waals surface area contributed by atoms with E-state index in [4.69, 9.17) is 11.2 Å². The molecular formula is C14H18N2O4S. The van der Waals surface area contributed by atoms with E-state index in [0.717, 1.165) is 4.31 Å². The zero-order chi connectivity index (χ0) is 16.0. The van der Waals surface area contributed by atoms with Crippen LogP contribution in [-0.4, -0.2) is 39.3 Å². The van der Waals surface area contributed by atoms with E-state index < -0.39 is 15.9 Å². The van der Waals surface area contributed by atoms with Crippen molar-refractivity contribution in [2.75, 3.05) is 26.0 Å². The largest absolute Gasteiger partial charge is 0.495 e. The maximum absolute atomic E-state index is 12.3. The highest BCUT2D eigenvalue weighted by Gasteiger charge is 2.25. The van der Waals surface area contributed by atoms with Gasteiger partial charge in [0.2, 0.25) is 5.91 Å². The Morgan fingerprint density at radius 1 is 1.48 bits per heavy atom. The van der Waals surface area contributed by atoms with E-state index in [2.05, 4.69) is 11.2 Å². The highest BCUT2D eigenvalue weighted by molar-refractivity contribution is 7.89.